The number of hydrogen-bond donors (Lipinski definition) is 1. The first-order valence-electron chi connectivity index (χ1n) is 5.53. The number of aldehydes is 1. The molecule has 0 radical (unpaired) electrons. The molecule has 0 atom stereocenters. The van der Waals surface area contributed by atoms with Gasteiger partial charge >= 0.3 is 0 Å². The molecular formula is C14H10BrNOS. The molecule has 0 bridgehead atoms. The van der Waals surface area contributed by atoms with Crippen LogP contribution in [0.25, 0.3) is 21.5 Å². The van der Waals surface area contributed by atoms with Crippen LogP contribution < -0.4 is 0 Å². The molecule has 3 rings (SSSR count). The molecule has 4 heteroatoms. The molecule has 2 heterocycles. The number of thiophene rings is 1. The number of para-hydroxylation sites is 1. The van der Waals surface area contributed by atoms with Gasteiger partial charge in [-0.3, -0.25) is 4.79 Å². The van der Waals surface area contributed by atoms with Crippen molar-refractivity contribution in [2.45, 2.75) is 6.92 Å². The van der Waals surface area contributed by atoms with Gasteiger partial charge in [-0.05, 0) is 41.1 Å². The van der Waals surface area contributed by atoms with E-state index in [2.05, 4.69) is 33.9 Å². The quantitative estimate of drug-likeness (QED) is 0.677. The minimum Gasteiger partial charge on any atom is -0.352 e. The summed E-state index contributed by atoms with van der Waals surface area (Å²) < 4.78 is 0.975. The number of halogens is 1. The Hall–Kier alpha value is -1.39. The Morgan fingerprint density at radius 1 is 1.28 bits per heavy atom. The number of nitrogens with one attached hydrogen (secondary N) is 1. The minimum atomic E-state index is 0.730. The number of benzene rings is 1. The molecule has 90 valence electrons. The van der Waals surface area contributed by atoms with Crippen molar-refractivity contribution in [3.05, 3.63) is 45.2 Å². The maximum Gasteiger partial charge on any atom is 0.152 e. The number of aromatic amines is 1. The largest absolute Gasteiger partial charge is 0.352 e. The van der Waals surface area contributed by atoms with Crippen LogP contribution in [0.5, 0.6) is 0 Å². The van der Waals surface area contributed by atoms with Crippen LogP contribution in [0.3, 0.4) is 0 Å². The summed E-state index contributed by atoms with van der Waals surface area (Å²) in [6.07, 6.45) is 0.926. The number of carbonyl (C=O) groups is 1. The third-order valence-electron chi connectivity index (χ3n) is 2.93. The Kier molecular flexibility index (Phi) is 2.84. The van der Waals surface area contributed by atoms with Crippen molar-refractivity contribution in [2.24, 2.45) is 0 Å². The van der Waals surface area contributed by atoms with E-state index < -0.39 is 0 Å². The first-order chi connectivity index (χ1) is 8.70. The van der Waals surface area contributed by atoms with Crippen LogP contribution in [0.1, 0.15) is 15.2 Å². The first-order valence-corrected chi connectivity index (χ1v) is 7.14. The van der Waals surface area contributed by atoms with E-state index in [1.807, 2.05) is 24.3 Å². The lowest BCUT2D eigenvalue weighted by atomic mass is 10.1. The fourth-order valence-electron chi connectivity index (χ4n) is 2.09. The summed E-state index contributed by atoms with van der Waals surface area (Å²) in [5, 5.41) is 0.959. The molecule has 0 aliphatic carbocycles. The monoisotopic (exact) mass is 319 g/mol. The van der Waals surface area contributed by atoms with Crippen LogP contribution in [0.15, 0.2) is 34.8 Å². The Morgan fingerprint density at radius 3 is 2.78 bits per heavy atom. The van der Waals surface area contributed by atoms with Crippen molar-refractivity contribution in [3.63, 3.8) is 0 Å². The van der Waals surface area contributed by atoms with Gasteiger partial charge in [0, 0.05) is 20.3 Å². The highest BCUT2D eigenvalue weighted by molar-refractivity contribution is 9.10. The van der Waals surface area contributed by atoms with E-state index in [0.717, 1.165) is 37.8 Å². The van der Waals surface area contributed by atoms with Gasteiger partial charge in [0.2, 0.25) is 0 Å². The zero-order chi connectivity index (χ0) is 12.7. The van der Waals surface area contributed by atoms with E-state index in [0.29, 0.717) is 0 Å². The van der Waals surface area contributed by atoms with Gasteiger partial charge in [-0.25, -0.2) is 0 Å². The summed E-state index contributed by atoms with van der Waals surface area (Å²) in [5.74, 6) is 0. The Morgan fingerprint density at radius 2 is 2.11 bits per heavy atom. The van der Waals surface area contributed by atoms with E-state index >= 15 is 0 Å². The summed E-state index contributed by atoms with van der Waals surface area (Å²) >= 11 is 5.19. The van der Waals surface area contributed by atoms with Gasteiger partial charge in [-0.1, -0.05) is 12.1 Å². The van der Waals surface area contributed by atoms with Crippen LogP contribution in [0, 0.1) is 6.92 Å². The minimum absolute atomic E-state index is 0.730. The van der Waals surface area contributed by atoms with Crippen LogP contribution >= 0.6 is 27.3 Å². The lowest BCUT2D eigenvalue weighted by molar-refractivity contribution is 0.112. The van der Waals surface area contributed by atoms with Gasteiger partial charge in [0.15, 0.2) is 6.29 Å². The van der Waals surface area contributed by atoms with Gasteiger partial charge in [-0.2, -0.15) is 0 Å². The number of hydrogen-bond acceptors (Lipinski definition) is 2. The van der Waals surface area contributed by atoms with Crippen LogP contribution in [0.2, 0.25) is 0 Å². The smallest absolute Gasteiger partial charge is 0.152 e. The topological polar surface area (TPSA) is 32.9 Å². The molecule has 0 aliphatic heterocycles. The number of H-pyrrole nitrogens is 1. The normalized spacial score (nSPS) is 11.0. The lowest BCUT2D eigenvalue weighted by Crippen LogP contribution is -1.80. The molecule has 0 fully saturated rings. The van der Waals surface area contributed by atoms with Crippen molar-refractivity contribution >= 4 is 44.5 Å². The molecule has 2 aromatic heterocycles. The van der Waals surface area contributed by atoms with Gasteiger partial charge < -0.3 is 4.98 Å². The fraction of sp³-hybridized carbons (Fsp3) is 0.0714. The highest BCUT2D eigenvalue weighted by Crippen LogP contribution is 2.35. The average Bonchev–Trinajstić information content (AvgIpc) is 2.93. The summed E-state index contributed by atoms with van der Waals surface area (Å²) in [4.78, 5) is 17.0. The summed E-state index contributed by atoms with van der Waals surface area (Å²) in [5.41, 5.74) is 2.61. The van der Waals surface area contributed by atoms with Gasteiger partial charge in [0.1, 0.15) is 0 Å². The molecular weight excluding hydrogens is 310 g/mol. The Labute approximate surface area is 117 Å². The number of aryl methyl sites for hydroxylation is 1. The molecule has 0 unspecified atom stereocenters. The molecule has 0 saturated heterocycles. The van der Waals surface area contributed by atoms with Crippen molar-refractivity contribution < 1.29 is 4.79 Å². The molecule has 1 aromatic carbocycles. The summed E-state index contributed by atoms with van der Waals surface area (Å²) in [7, 11) is 0. The zero-order valence-corrected chi connectivity index (χ0v) is 12.1. The molecule has 18 heavy (non-hydrogen) atoms. The predicted molar refractivity (Wildman–Crippen MR) is 79.4 cm³/mol. The van der Waals surface area contributed by atoms with Crippen molar-refractivity contribution in [1.82, 2.24) is 4.98 Å². The summed E-state index contributed by atoms with van der Waals surface area (Å²) in [6, 6.07) is 9.98. The van der Waals surface area contributed by atoms with Crippen LogP contribution in [-0.4, -0.2) is 11.3 Å². The first kappa shape index (κ1) is 11.7. The van der Waals surface area contributed by atoms with Crippen LogP contribution in [-0.2, 0) is 0 Å². The van der Waals surface area contributed by atoms with Crippen LogP contribution in [0.4, 0.5) is 0 Å². The molecule has 0 aliphatic rings. The number of aromatic nitrogens is 1. The molecule has 3 aromatic rings. The SMILES string of the molecule is Cc1ccc(-c2[nH]c3c(Br)cccc3c2C=O)s1. The third kappa shape index (κ3) is 1.72. The van der Waals surface area contributed by atoms with E-state index in [-0.39, 0.29) is 0 Å². The second-order valence-corrected chi connectivity index (χ2v) is 6.25. The number of fused-ring (bicyclic) bond motifs is 1. The van der Waals surface area contributed by atoms with Gasteiger partial charge in [-0.15, -0.1) is 11.3 Å². The van der Waals surface area contributed by atoms with Crippen molar-refractivity contribution in [1.29, 1.82) is 0 Å². The van der Waals surface area contributed by atoms with Gasteiger partial charge in [0.05, 0.1) is 16.1 Å². The summed E-state index contributed by atoms with van der Waals surface area (Å²) in [6.45, 7) is 2.06. The van der Waals surface area contributed by atoms with Crippen molar-refractivity contribution in [2.75, 3.05) is 0 Å². The van der Waals surface area contributed by atoms with E-state index in [4.69, 9.17) is 0 Å². The van der Waals surface area contributed by atoms with Crippen molar-refractivity contribution in [3.8, 4) is 10.6 Å². The van der Waals surface area contributed by atoms with E-state index in [1.165, 1.54) is 4.88 Å². The standard InChI is InChI=1S/C14H10BrNOS/c1-8-5-6-12(18-8)14-10(7-17)9-3-2-4-11(15)13(9)16-14/h2-7,16H,1H3. The lowest BCUT2D eigenvalue weighted by Gasteiger charge is -1.93. The molecule has 0 saturated carbocycles. The number of rotatable bonds is 2. The zero-order valence-electron chi connectivity index (χ0n) is 9.66. The van der Waals surface area contributed by atoms with Gasteiger partial charge in [0.25, 0.3) is 0 Å². The number of carbonyl (C=O) groups excluding carboxylic acids is 1. The average molecular weight is 320 g/mol. The maximum absolute atomic E-state index is 11.4. The Balaban J connectivity index is 2.36. The Bertz CT molecular complexity index is 741. The molecule has 0 spiro atoms. The van der Waals surface area contributed by atoms with E-state index in [9.17, 15) is 4.79 Å². The van der Waals surface area contributed by atoms with E-state index in [1.54, 1.807) is 11.3 Å². The third-order valence-corrected chi connectivity index (χ3v) is 4.61. The predicted octanol–water partition coefficient (Wildman–Crippen LogP) is 4.78. The highest BCUT2D eigenvalue weighted by atomic mass is 79.9. The second-order valence-electron chi connectivity index (χ2n) is 4.10. The molecule has 2 nitrogen and oxygen atoms in total. The second kappa shape index (κ2) is 4.37. The fourth-order valence-corrected chi connectivity index (χ4v) is 3.44. The molecule has 0 amide bonds. The maximum atomic E-state index is 11.4. The highest BCUT2D eigenvalue weighted by Gasteiger charge is 2.14. The molecule has 1 N–H and O–H groups in total.